The number of amides is 1. The Labute approximate surface area is 102 Å². The van der Waals surface area contributed by atoms with Crippen LogP contribution in [0.2, 0.25) is 0 Å². The number of carbonyl (C=O) groups is 1. The monoisotopic (exact) mass is 230 g/mol. The number of hydrogen-bond acceptors (Lipinski definition) is 2. The van der Waals surface area contributed by atoms with Crippen LogP contribution in [0.15, 0.2) is 30.3 Å². The van der Waals surface area contributed by atoms with E-state index in [4.69, 9.17) is 0 Å². The Kier molecular flexibility index (Phi) is 2.63. The molecule has 2 saturated heterocycles. The highest BCUT2D eigenvalue weighted by atomic mass is 16.1. The van der Waals surface area contributed by atoms with Crippen LogP contribution in [0.5, 0.6) is 0 Å². The van der Waals surface area contributed by atoms with Crippen LogP contribution < -0.4 is 5.32 Å². The number of nitrogens with one attached hydrogen (secondary N) is 1. The van der Waals surface area contributed by atoms with Gasteiger partial charge in [0.15, 0.2) is 0 Å². The Morgan fingerprint density at radius 3 is 2.82 bits per heavy atom. The SMILES string of the molecule is O=C1C[C@]2(CCN(Cc3ccccc3)C2)CN1. The fourth-order valence-corrected chi connectivity index (χ4v) is 3.04. The summed E-state index contributed by atoms with van der Waals surface area (Å²) in [6.07, 6.45) is 1.87. The van der Waals surface area contributed by atoms with E-state index in [1.807, 2.05) is 0 Å². The maximum absolute atomic E-state index is 11.3. The third-order valence-corrected chi connectivity index (χ3v) is 3.96. The van der Waals surface area contributed by atoms with Gasteiger partial charge in [-0.05, 0) is 18.5 Å². The zero-order valence-electron chi connectivity index (χ0n) is 9.98. The first-order valence-electron chi connectivity index (χ1n) is 6.29. The Morgan fingerprint density at radius 1 is 1.29 bits per heavy atom. The molecule has 3 heteroatoms. The van der Waals surface area contributed by atoms with Crippen molar-refractivity contribution in [1.82, 2.24) is 10.2 Å². The molecule has 2 heterocycles. The van der Waals surface area contributed by atoms with E-state index in [0.29, 0.717) is 0 Å². The van der Waals surface area contributed by atoms with Gasteiger partial charge in [-0.15, -0.1) is 0 Å². The quantitative estimate of drug-likeness (QED) is 0.833. The Hall–Kier alpha value is -1.35. The minimum Gasteiger partial charge on any atom is -0.355 e. The molecule has 0 saturated carbocycles. The number of nitrogens with zero attached hydrogens (tertiary/aromatic N) is 1. The van der Waals surface area contributed by atoms with Gasteiger partial charge in [0.05, 0.1) is 0 Å². The summed E-state index contributed by atoms with van der Waals surface area (Å²) in [6, 6.07) is 10.6. The van der Waals surface area contributed by atoms with E-state index in [9.17, 15) is 4.79 Å². The van der Waals surface area contributed by atoms with Crippen LogP contribution in [-0.2, 0) is 11.3 Å². The van der Waals surface area contributed by atoms with Crippen LogP contribution in [0.3, 0.4) is 0 Å². The Morgan fingerprint density at radius 2 is 2.12 bits per heavy atom. The first kappa shape index (κ1) is 10.8. The molecule has 0 aromatic heterocycles. The summed E-state index contributed by atoms with van der Waals surface area (Å²) in [5.41, 5.74) is 1.59. The van der Waals surface area contributed by atoms with Crippen molar-refractivity contribution in [2.45, 2.75) is 19.4 Å². The first-order chi connectivity index (χ1) is 8.26. The number of likely N-dealkylation sites (tertiary alicyclic amines) is 1. The maximum atomic E-state index is 11.3. The lowest BCUT2D eigenvalue weighted by Gasteiger charge is -2.21. The third-order valence-electron chi connectivity index (χ3n) is 3.96. The Bertz CT molecular complexity index is 417. The van der Waals surface area contributed by atoms with E-state index in [0.717, 1.165) is 39.0 Å². The van der Waals surface area contributed by atoms with Crippen LogP contribution in [-0.4, -0.2) is 30.4 Å². The van der Waals surface area contributed by atoms with Gasteiger partial charge in [-0.2, -0.15) is 0 Å². The van der Waals surface area contributed by atoms with Crippen molar-refractivity contribution in [3.63, 3.8) is 0 Å². The van der Waals surface area contributed by atoms with Gasteiger partial charge < -0.3 is 5.32 Å². The van der Waals surface area contributed by atoms with Crippen LogP contribution in [0.4, 0.5) is 0 Å². The minimum absolute atomic E-state index is 0.228. The van der Waals surface area contributed by atoms with Crippen LogP contribution in [0.25, 0.3) is 0 Å². The van der Waals surface area contributed by atoms with Crippen molar-refractivity contribution in [2.24, 2.45) is 5.41 Å². The zero-order valence-corrected chi connectivity index (χ0v) is 9.98. The molecule has 2 fully saturated rings. The highest BCUT2D eigenvalue weighted by Gasteiger charge is 2.43. The van der Waals surface area contributed by atoms with Crippen LogP contribution >= 0.6 is 0 Å². The molecule has 1 N–H and O–H groups in total. The highest BCUT2D eigenvalue weighted by molar-refractivity contribution is 5.79. The summed E-state index contributed by atoms with van der Waals surface area (Å²) in [5, 5.41) is 2.97. The molecule has 1 amide bonds. The van der Waals surface area contributed by atoms with Crippen molar-refractivity contribution in [1.29, 1.82) is 0 Å². The van der Waals surface area contributed by atoms with E-state index in [1.165, 1.54) is 5.56 Å². The Balaban J connectivity index is 1.63. The molecule has 0 bridgehead atoms. The maximum Gasteiger partial charge on any atom is 0.220 e. The van der Waals surface area contributed by atoms with Gasteiger partial charge in [-0.25, -0.2) is 0 Å². The summed E-state index contributed by atoms with van der Waals surface area (Å²) in [6.45, 7) is 4.05. The molecule has 1 spiro atoms. The number of hydrogen-bond donors (Lipinski definition) is 1. The lowest BCUT2D eigenvalue weighted by molar-refractivity contribution is -0.119. The molecular formula is C14H18N2O. The molecular weight excluding hydrogens is 212 g/mol. The third kappa shape index (κ3) is 2.20. The van der Waals surface area contributed by atoms with E-state index in [1.54, 1.807) is 0 Å². The van der Waals surface area contributed by atoms with Crippen LogP contribution in [0.1, 0.15) is 18.4 Å². The number of rotatable bonds is 2. The van der Waals surface area contributed by atoms with Crippen molar-refractivity contribution < 1.29 is 4.79 Å². The van der Waals surface area contributed by atoms with E-state index in [-0.39, 0.29) is 11.3 Å². The van der Waals surface area contributed by atoms with Gasteiger partial charge in [0.25, 0.3) is 0 Å². The molecule has 2 aliphatic heterocycles. The fraction of sp³-hybridized carbons (Fsp3) is 0.500. The summed E-state index contributed by atoms with van der Waals surface area (Å²) in [4.78, 5) is 13.8. The topological polar surface area (TPSA) is 32.3 Å². The predicted octanol–water partition coefficient (Wildman–Crippen LogP) is 1.40. The molecule has 3 rings (SSSR count). The first-order valence-corrected chi connectivity index (χ1v) is 6.29. The highest BCUT2D eigenvalue weighted by Crippen LogP contribution is 2.36. The van der Waals surface area contributed by atoms with Crippen molar-refractivity contribution >= 4 is 5.91 Å². The van der Waals surface area contributed by atoms with Gasteiger partial charge in [-0.1, -0.05) is 30.3 Å². The lowest BCUT2D eigenvalue weighted by atomic mass is 9.86. The summed E-state index contributed by atoms with van der Waals surface area (Å²) in [5.74, 6) is 0.228. The molecule has 0 unspecified atom stereocenters. The van der Waals surface area contributed by atoms with E-state index >= 15 is 0 Å². The smallest absolute Gasteiger partial charge is 0.220 e. The van der Waals surface area contributed by atoms with Gasteiger partial charge in [0, 0.05) is 31.5 Å². The molecule has 1 aromatic rings. The average molecular weight is 230 g/mol. The second kappa shape index (κ2) is 4.15. The minimum atomic E-state index is 0.228. The van der Waals surface area contributed by atoms with E-state index < -0.39 is 0 Å². The summed E-state index contributed by atoms with van der Waals surface area (Å²) in [7, 11) is 0. The molecule has 0 radical (unpaired) electrons. The van der Waals surface area contributed by atoms with Gasteiger partial charge in [0.2, 0.25) is 5.91 Å². The zero-order chi connectivity index (χ0) is 11.7. The average Bonchev–Trinajstić information content (AvgIpc) is 2.88. The largest absolute Gasteiger partial charge is 0.355 e. The summed E-state index contributed by atoms with van der Waals surface area (Å²) >= 11 is 0. The second-order valence-electron chi connectivity index (χ2n) is 5.40. The number of benzene rings is 1. The van der Waals surface area contributed by atoms with Gasteiger partial charge >= 0.3 is 0 Å². The van der Waals surface area contributed by atoms with Crippen molar-refractivity contribution in [2.75, 3.05) is 19.6 Å². The second-order valence-corrected chi connectivity index (χ2v) is 5.40. The molecule has 90 valence electrons. The number of carbonyl (C=O) groups excluding carboxylic acids is 1. The van der Waals surface area contributed by atoms with Crippen LogP contribution in [0, 0.1) is 5.41 Å². The molecule has 2 aliphatic rings. The van der Waals surface area contributed by atoms with Crippen molar-refractivity contribution in [3.8, 4) is 0 Å². The van der Waals surface area contributed by atoms with Gasteiger partial charge in [-0.3, -0.25) is 9.69 Å². The predicted molar refractivity (Wildman–Crippen MR) is 66.4 cm³/mol. The van der Waals surface area contributed by atoms with Crippen molar-refractivity contribution in [3.05, 3.63) is 35.9 Å². The molecule has 0 aliphatic carbocycles. The van der Waals surface area contributed by atoms with E-state index in [2.05, 4.69) is 40.5 Å². The molecule has 1 atom stereocenters. The summed E-state index contributed by atoms with van der Waals surface area (Å²) < 4.78 is 0. The molecule has 3 nitrogen and oxygen atoms in total. The standard InChI is InChI=1S/C14H18N2O/c17-13-8-14(10-15-13)6-7-16(11-14)9-12-4-2-1-3-5-12/h1-5H,6-11H2,(H,15,17)/t14-/m1/s1. The van der Waals surface area contributed by atoms with Gasteiger partial charge in [0.1, 0.15) is 0 Å². The molecule has 17 heavy (non-hydrogen) atoms. The lowest BCUT2D eigenvalue weighted by Crippen LogP contribution is -2.28. The normalized spacial score (nSPS) is 28.8. The molecule has 1 aromatic carbocycles. The fourth-order valence-electron chi connectivity index (χ4n) is 3.04.